The van der Waals surface area contributed by atoms with Crippen LogP contribution >= 0.6 is 23.2 Å². The molecule has 0 bridgehead atoms. The standard InChI is InChI=1S/C13H8Cl2F3NO/c1-20-7-5-10(19-11(6-7)13(16,17)18)8-3-2-4-9(14)12(8)15/h2-6H,1H3. The molecule has 2 nitrogen and oxygen atoms in total. The first kappa shape index (κ1) is 14.9. The lowest BCUT2D eigenvalue weighted by Gasteiger charge is -2.12. The number of hydrogen-bond donors (Lipinski definition) is 0. The first-order chi connectivity index (χ1) is 9.32. The molecule has 0 unspecified atom stereocenters. The zero-order valence-corrected chi connectivity index (χ0v) is 11.6. The van der Waals surface area contributed by atoms with E-state index in [9.17, 15) is 13.2 Å². The number of aromatic nitrogens is 1. The zero-order chi connectivity index (χ0) is 14.9. The second-order valence-corrected chi connectivity index (χ2v) is 4.66. The minimum atomic E-state index is -4.58. The van der Waals surface area contributed by atoms with E-state index >= 15 is 0 Å². The van der Waals surface area contributed by atoms with Gasteiger partial charge in [0.15, 0.2) is 0 Å². The third-order valence-corrected chi connectivity index (χ3v) is 3.37. The molecule has 0 aliphatic heterocycles. The molecule has 0 amide bonds. The number of ether oxygens (including phenoxy) is 1. The van der Waals surface area contributed by atoms with Crippen LogP contribution in [-0.4, -0.2) is 12.1 Å². The maximum Gasteiger partial charge on any atom is 0.433 e. The zero-order valence-electron chi connectivity index (χ0n) is 10.1. The van der Waals surface area contributed by atoms with Crippen LogP contribution in [0, 0.1) is 0 Å². The molecule has 0 radical (unpaired) electrons. The minimum Gasteiger partial charge on any atom is -0.497 e. The van der Waals surface area contributed by atoms with Gasteiger partial charge in [0.2, 0.25) is 0 Å². The average molecular weight is 322 g/mol. The Balaban J connectivity index is 2.65. The number of alkyl halides is 3. The van der Waals surface area contributed by atoms with Crippen LogP contribution in [0.15, 0.2) is 30.3 Å². The van der Waals surface area contributed by atoms with Gasteiger partial charge >= 0.3 is 6.18 Å². The summed E-state index contributed by atoms with van der Waals surface area (Å²) in [4.78, 5) is 3.58. The van der Waals surface area contributed by atoms with Crippen LogP contribution in [0.1, 0.15) is 5.69 Å². The van der Waals surface area contributed by atoms with Gasteiger partial charge in [0.1, 0.15) is 11.4 Å². The van der Waals surface area contributed by atoms with Crippen molar-refractivity contribution in [2.45, 2.75) is 6.18 Å². The smallest absolute Gasteiger partial charge is 0.433 e. The van der Waals surface area contributed by atoms with E-state index in [4.69, 9.17) is 27.9 Å². The highest BCUT2D eigenvalue weighted by molar-refractivity contribution is 6.43. The summed E-state index contributed by atoms with van der Waals surface area (Å²) in [7, 11) is 1.28. The molecule has 2 rings (SSSR count). The van der Waals surface area contributed by atoms with Crippen molar-refractivity contribution in [2.24, 2.45) is 0 Å². The molecule has 0 saturated heterocycles. The Morgan fingerprint density at radius 2 is 1.85 bits per heavy atom. The van der Waals surface area contributed by atoms with Crippen LogP contribution in [0.5, 0.6) is 5.75 Å². The van der Waals surface area contributed by atoms with E-state index in [1.54, 1.807) is 6.07 Å². The molecule has 20 heavy (non-hydrogen) atoms. The van der Waals surface area contributed by atoms with Crippen LogP contribution in [-0.2, 0) is 6.18 Å². The maximum atomic E-state index is 12.8. The van der Waals surface area contributed by atoms with Gasteiger partial charge in [-0.1, -0.05) is 35.3 Å². The van der Waals surface area contributed by atoms with Crippen molar-refractivity contribution in [1.82, 2.24) is 4.98 Å². The predicted octanol–water partition coefficient (Wildman–Crippen LogP) is 5.08. The van der Waals surface area contributed by atoms with Crippen LogP contribution in [0.4, 0.5) is 13.2 Å². The Hall–Kier alpha value is -1.46. The summed E-state index contributed by atoms with van der Waals surface area (Å²) in [6.07, 6.45) is -4.58. The van der Waals surface area contributed by atoms with Crippen molar-refractivity contribution in [3.8, 4) is 17.0 Å². The third kappa shape index (κ3) is 2.99. The quantitative estimate of drug-likeness (QED) is 0.769. The average Bonchev–Trinajstić information content (AvgIpc) is 2.40. The van der Waals surface area contributed by atoms with Gasteiger partial charge in [0, 0.05) is 17.7 Å². The molecule has 0 fully saturated rings. The van der Waals surface area contributed by atoms with Gasteiger partial charge in [-0.15, -0.1) is 0 Å². The number of benzene rings is 1. The highest BCUT2D eigenvalue weighted by Gasteiger charge is 2.33. The van der Waals surface area contributed by atoms with Crippen molar-refractivity contribution in [2.75, 3.05) is 7.11 Å². The van der Waals surface area contributed by atoms with E-state index in [0.29, 0.717) is 5.56 Å². The van der Waals surface area contributed by atoms with E-state index in [0.717, 1.165) is 6.07 Å². The van der Waals surface area contributed by atoms with E-state index in [-0.39, 0.29) is 21.5 Å². The van der Waals surface area contributed by atoms with Crippen LogP contribution in [0.3, 0.4) is 0 Å². The summed E-state index contributed by atoms with van der Waals surface area (Å²) in [6, 6.07) is 6.85. The monoisotopic (exact) mass is 321 g/mol. The molecule has 2 aromatic rings. The second-order valence-electron chi connectivity index (χ2n) is 3.88. The lowest BCUT2D eigenvalue weighted by molar-refractivity contribution is -0.141. The molecular weight excluding hydrogens is 314 g/mol. The minimum absolute atomic E-state index is 0.0402. The van der Waals surface area contributed by atoms with E-state index in [2.05, 4.69) is 4.98 Å². The lowest BCUT2D eigenvalue weighted by atomic mass is 10.1. The fourth-order valence-corrected chi connectivity index (χ4v) is 2.01. The Bertz CT molecular complexity index is 644. The van der Waals surface area contributed by atoms with E-state index < -0.39 is 11.9 Å². The number of halogens is 5. The molecule has 7 heteroatoms. The summed E-state index contributed by atoms with van der Waals surface area (Å²) in [6.45, 7) is 0. The molecule has 1 aromatic heterocycles. The fraction of sp³-hybridized carbons (Fsp3) is 0.154. The first-order valence-corrected chi connectivity index (χ1v) is 6.16. The second kappa shape index (κ2) is 5.50. The molecule has 106 valence electrons. The van der Waals surface area contributed by atoms with Crippen LogP contribution < -0.4 is 4.74 Å². The van der Waals surface area contributed by atoms with Gasteiger partial charge in [-0.05, 0) is 6.07 Å². The molecule has 0 aliphatic rings. The van der Waals surface area contributed by atoms with Gasteiger partial charge in [0.05, 0.1) is 22.8 Å². The molecule has 0 atom stereocenters. The van der Waals surface area contributed by atoms with Crippen molar-refractivity contribution in [3.63, 3.8) is 0 Å². The Labute approximate surface area is 123 Å². The molecular formula is C13H8Cl2F3NO. The highest BCUT2D eigenvalue weighted by atomic mass is 35.5. The SMILES string of the molecule is COc1cc(-c2cccc(Cl)c2Cl)nc(C(F)(F)F)c1. The summed E-state index contributed by atoms with van der Waals surface area (Å²) in [5.41, 5.74) is -0.698. The fourth-order valence-electron chi connectivity index (χ4n) is 1.61. The molecule has 1 heterocycles. The normalized spacial score (nSPS) is 11.5. The number of hydrogen-bond acceptors (Lipinski definition) is 2. The van der Waals surface area contributed by atoms with Gasteiger partial charge in [-0.25, -0.2) is 4.98 Å². The first-order valence-electron chi connectivity index (χ1n) is 5.40. The van der Waals surface area contributed by atoms with Crippen LogP contribution in [0.25, 0.3) is 11.3 Å². The molecule has 0 aliphatic carbocycles. The topological polar surface area (TPSA) is 22.1 Å². The largest absolute Gasteiger partial charge is 0.497 e. The summed E-state index contributed by atoms with van der Waals surface area (Å²) in [5.74, 6) is 0.0402. The van der Waals surface area contributed by atoms with E-state index in [1.165, 1.54) is 25.3 Å². The molecule has 0 N–H and O–H groups in total. The Morgan fingerprint density at radius 1 is 1.15 bits per heavy atom. The summed E-state index contributed by atoms with van der Waals surface area (Å²) < 4.78 is 43.3. The number of methoxy groups -OCH3 is 1. The van der Waals surface area contributed by atoms with Gasteiger partial charge < -0.3 is 4.74 Å². The third-order valence-electron chi connectivity index (χ3n) is 2.55. The van der Waals surface area contributed by atoms with Gasteiger partial charge in [-0.3, -0.25) is 0 Å². The maximum absolute atomic E-state index is 12.8. The molecule has 0 spiro atoms. The van der Waals surface area contributed by atoms with Crippen molar-refractivity contribution < 1.29 is 17.9 Å². The van der Waals surface area contributed by atoms with E-state index in [1.807, 2.05) is 0 Å². The van der Waals surface area contributed by atoms with Crippen molar-refractivity contribution >= 4 is 23.2 Å². The number of rotatable bonds is 2. The van der Waals surface area contributed by atoms with Gasteiger partial charge in [-0.2, -0.15) is 13.2 Å². The number of nitrogens with zero attached hydrogens (tertiary/aromatic N) is 1. The Morgan fingerprint density at radius 3 is 2.45 bits per heavy atom. The Kier molecular flexibility index (Phi) is 4.11. The predicted molar refractivity (Wildman–Crippen MR) is 71.2 cm³/mol. The molecule has 0 saturated carbocycles. The van der Waals surface area contributed by atoms with Crippen LogP contribution in [0.2, 0.25) is 10.0 Å². The van der Waals surface area contributed by atoms with Crippen molar-refractivity contribution in [3.05, 3.63) is 46.1 Å². The molecule has 1 aromatic carbocycles. The highest BCUT2D eigenvalue weighted by Crippen LogP contribution is 2.37. The van der Waals surface area contributed by atoms with Gasteiger partial charge in [0.25, 0.3) is 0 Å². The summed E-state index contributed by atoms with van der Waals surface area (Å²) >= 11 is 11.8. The number of pyridine rings is 1. The lowest BCUT2D eigenvalue weighted by Crippen LogP contribution is -2.09. The van der Waals surface area contributed by atoms with Crippen molar-refractivity contribution in [1.29, 1.82) is 0 Å². The summed E-state index contributed by atoms with van der Waals surface area (Å²) in [5, 5.41) is 0.380.